The molecule has 0 aromatic carbocycles. The van der Waals surface area contributed by atoms with Crippen molar-refractivity contribution in [3.8, 4) is 0 Å². The molecule has 0 saturated heterocycles. The Morgan fingerprint density at radius 1 is 1.20 bits per heavy atom. The third-order valence-electron chi connectivity index (χ3n) is 3.96. The lowest BCUT2D eigenvalue weighted by atomic mass is 10.2. The Bertz CT molecular complexity index is 678. The second-order valence-corrected chi connectivity index (χ2v) is 5.73. The highest BCUT2D eigenvalue weighted by Gasteiger charge is 2.22. The van der Waals surface area contributed by atoms with E-state index < -0.39 is 0 Å². The number of nitrogens with one attached hydrogen (secondary N) is 1. The van der Waals surface area contributed by atoms with Crippen LogP contribution in [-0.4, -0.2) is 44.3 Å². The van der Waals surface area contributed by atoms with Gasteiger partial charge in [0.05, 0.1) is 6.20 Å². The molecule has 2 rings (SSSR count). The van der Waals surface area contributed by atoms with Crippen molar-refractivity contribution >= 4 is 11.8 Å². The van der Waals surface area contributed by atoms with Crippen LogP contribution >= 0.6 is 0 Å². The van der Waals surface area contributed by atoms with E-state index in [1.54, 1.807) is 17.3 Å². The molecule has 0 bridgehead atoms. The third-order valence-corrected chi connectivity index (χ3v) is 3.96. The molecule has 7 heteroatoms. The number of hydrogen-bond donors (Lipinski definition) is 1. The van der Waals surface area contributed by atoms with Crippen LogP contribution in [0.25, 0.3) is 0 Å². The monoisotopic (exact) mass is 341 g/mol. The molecule has 132 valence electrons. The molecule has 2 aromatic heterocycles. The Morgan fingerprint density at radius 3 is 2.64 bits per heavy atom. The van der Waals surface area contributed by atoms with E-state index in [1.807, 2.05) is 26.0 Å². The number of hydrogen-bond acceptors (Lipinski definition) is 5. The van der Waals surface area contributed by atoms with Gasteiger partial charge in [0.1, 0.15) is 5.69 Å². The standard InChI is InChI=1S/C18H23N5O2/c1-3-14(2)23(18(25)16-13-20-8-9-21-16)10-6-17(24)22-12-15-5-4-7-19-11-15/h4-5,7-9,11,13-14H,3,6,10,12H2,1-2H3,(H,22,24). The summed E-state index contributed by atoms with van der Waals surface area (Å²) in [6, 6.07) is 3.74. The lowest BCUT2D eigenvalue weighted by Crippen LogP contribution is -2.41. The molecule has 0 radical (unpaired) electrons. The molecule has 1 unspecified atom stereocenters. The third kappa shape index (κ3) is 5.63. The van der Waals surface area contributed by atoms with E-state index in [1.165, 1.54) is 18.6 Å². The lowest BCUT2D eigenvalue weighted by Gasteiger charge is -2.28. The Hall–Kier alpha value is -2.83. The summed E-state index contributed by atoms with van der Waals surface area (Å²) < 4.78 is 0. The van der Waals surface area contributed by atoms with Crippen molar-refractivity contribution in [2.45, 2.75) is 39.3 Å². The first-order valence-corrected chi connectivity index (χ1v) is 8.34. The SMILES string of the molecule is CCC(C)N(CCC(=O)NCc1cccnc1)C(=O)c1cnccn1. The molecule has 7 nitrogen and oxygen atoms in total. The lowest BCUT2D eigenvalue weighted by molar-refractivity contribution is -0.121. The molecule has 0 aliphatic heterocycles. The quantitative estimate of drug-likeness (QED) is 0.791. The van der Waals surface area contributed by atoms with Gasteiger partial charge in [-0.3, -0.25) is 19.6 Å². The van der Waals surface area contributed by atoms with Crippen LogP contribution in [0.15, 0.2) is 43.1 Å². The highest BCUT2D eigenvalue weighted by Crippen LogP contribution is 2.09. The zero-order chi connectivity index (χ0) is 18.1. The maximum absolute atomic E-state index is 12.6. The summed E-state index contributed by atoms with van der Waals surface area (Å²) in [6.45, 7) is 4.73. The molecule has 1 atom stereocenters. The number of carbonyl (C=O) groups is 2. The van der Waals surface area contributed by atoms with Gasteiger partial charge in [-0.25, -0.2) is 4.98 Å². The summed E-state index contributed by atoms with van der Waals surface area (Å²) in [5, 5.41) is 2.85. The number of nitrogens with zero attached hydrogens (tertiary/aromatic N) is 4. The van der Waals surface area contributed by atoms with Gasteiger partial charge in [0.25, 0.3) is 5.91 Å². The molecule has 0 spiro atoms. The summed E-state index contributed by atoms with van der Waals surface area (Å²) in [7, 11) is 0. The highest BCUT2D eigenvalue weighted by molar-refractivity contribution is 5.92. The van der Waals surface area contributed by atoms with E-state index in [4.69, 9.17) is 0 Å². The van der Waals surface area contributed by atoms with Gasteiger partial charge in [-0.05, 0) is 25.0 Å². The van der Waals surface area contributed by atoms with Gasteiger partial charge in [0, 0.05) is 50.3 Å². The van der Waals surface area contributed by atoms with Crippen molar-refractivity contribution in [3.05, 3.63) is 54.4 Å². The summed E-state index contributed by atoms with van der Waals surface area (Å²) in [4.78, 5) is 38.4. The Kier molecular flexibility index (Phi) is 7.00. The fraction of sp³-hybridized carbons (Fsp3) is 0.389. The molecule has 2 heterocycles. The predicted octanol–water partition coefficient (Wildman–Crippen LogP) is 1.82. The van der Waals surface area contributed by atoms with Gasteiger partial charge in [0.2, 0.25) is 5.91 Å². The van der Waals surface area contributed by atoms with Crippen molar-refractivity contribution in [3.63, 3.8) is 0 Å². The van der Waals surface area contributed by atoms with Crippen molar-refractivity contribution in [1.82, 2.24) is 25.2 Å². The number of pyridine rings is 1. The first kappa shape index (κ1) is 18.5. The van der Waals surface area contributed by atoms with Crippen LogP contribution in [-0.2, 0) is 11.3 Å². The smallest absolute Gasteiger partial charge is 0.274 e. The van der Waals surface area contributed by atoms with E-state index in [0.29, 0.717) is 18.8 Å². The molecule has 0 saturated carbocycles. The van der Waals surface area contributed by atoms with Gasteiger partial charge in [0.15, 0.2) is 0 Å². The Morgan fingerprint density at radius 2 is 2.00 bits per heavy atom. The van der Waals surface area contributed by atoms with Crippen LogP contribution in [0.5, 0.6) is 0 Å². The number of aromatic nitrogens is 3. The summed E-state index contributed by atoms with van der Waals surface area (Å²) in [5.74, 6) is -0.313. The predicted molar refractivity (Wildman–Crippen MR) is 93.5 cm³/mol. The maximum Gasteiger partial charge on any atom is 0.274 e. The minimum Gasteiger partial charge on any atom is -0.352 e. The fourth-order valence-corrected chi connectivity index (χ4v) is 2.31. The molecule has 0 fully saturated rings. The van der Waals surface area contributed by atoms with Crippen LogP contribution in [0.3, 0.4) is 0 Å². The highest BCUT2D eigenvalue weighted by atomic mass is 16.2. The van der Waals surface area contributed by atoms with Crippen molar-refractivity contribution < 1.29 is 9.59 Å². The first-order valence-electron chi connectivity index (χ1n) is 8.34. The molecule has 0 aliphatic carbocycles. The van der Waals surface area contributed by atoms with E-state index >= 15 is 0 Å². The second kappa shape index (κ2) is 9.46. The number of amides is 2. The van der Waals surface area contributed by atoms with Crippen molar-refractivity contribution in [1.29, 1.82) is 0 Å². The zero-order valence-corrected chi connectivity index (χ0v) is 14.6. The average Bonchev–Trinajstić information content (AvgIpc) is 2.67. The Balaban J connectivity index is 1.91. The molecule has 25 heavy (non-hydrogen) atoms. The van der Waals surface area contributed by atoms with Crippen LogP contribution in [0, 0.1) is 0 Å². The van der Waals surface area contributed by atoms with Crippen molar-refractivity contribution in [2.24, 2.45) is 0 Å². The van der Waals surface area contributed by atoms with E-state index in [2.05, 4.69) is 20.3 Å². The minimum absolute atomic E-state index is 0.0145. The molecule has 2 aromatic rings. The number of carbonyl (C=O) groups excluding carboxylic acids is 2. The molecular formula is C18H23N5O2. The largest absolute Gasteiger partial charge is 0.352 e. The molecule has 1 N–H and O–H groups in total. The Labute approximate surface area is 147 Å². The van der Waals surface area contributed by atoms with E-state index in [0.717, 1.165) is 12.0 Å². The van der Waals surface area contributed by atoms with Crippen LogP contribution in [0.4, 0.5) is 0 Å². The topological polar surface area (TPSA) is 88.1 Å². The average molecular weight is 341 g/mol. The van der Waals surface area contributed by atoms with Crippen molar-refractivity contribution in [2.75, 3.05) is 6.54 Å². The van der Waals surface area contributed by atoms with Gasteiger partial charge in [-0.2, -0.15) is 0 Å². The van der Waals surface area contributed by atoms with Crippen LogP contribution in [0.2, 0.25) is 0 Å². The van der Waals surface area contributed by atoms with E-state index in [9.17, 15) is 9.59 Å². The molecule has 2 amide bonds. The first-order chi connectivity index (χ1) is 12.1. The summed E-state index contributed by atoms with van der Waals surface area (Å²) >= 11 is 0. The van der Waals surface area contributed by atoms with Gasteiger partial charge in [-0.1, -0.05) is 13.0 Å². The zero-order valence-electron chi connectivity index (χ0n) is 14.6. The maximum atomic E-state index is 12.6. The van der Waals surface area contributed by atoms with Crippen LogP contribution < -0.4 is 5.32 Å². The summed E-state index contributed by atoms with van der Waals surface area (Å²) in [6.07, 6.45) is 8.88. The molecular weight excluding hydrogens is 318 g/mol. The van der Waals surface area contributed by atoms with Gasteiger partial charge >= 0.3 is 0 Å². The normalized spacial score (nSPS) is 11.6. The summed E-state index contributed by atoms with van der Waals surface area (Å²) in [5.41, 5.74) is 1.23. The fourth-order valence-electron chi connectivity index (χ4n) is 2.31. The van der Waals surface area contributed by atoms with Crippen LogP contribution in [0.1, 0.15) is 42.7 Å². The second-order valence-electron chi connectivity index (χ2n) is 5.73. The minimum atomic E-state index is -0.206. The molecule has 0 aliphatic rings. The number of rotatable bonds is 8. The van der Waals surface area contributed by atoms with Gasteiger partial charge < -0.3 is 10.2 Å². The van der Waals surface area contributed by atoms with E-state index in [-0.39, 0.29) is 24.3 Å². The van der Waals surface area contributed by atoms with Gasteiger partial charge in [-0.15, -0.1) is 0 Å².